The van der Waals surface area contributed by atoms with Gasteiger partial charge in [-0.1, -0.05) is 30.6 Å². The number of nitrogen functional groups attached to an aromatic ring is 1. The molecule has 0 saturated heterocycles. The monoisotopic (exact) mass is 177 g/mol. The normalized spacial score (nSPS) is 8.60. The number of hydrogen-bond acceptors (Lipinski definition) is 1. The van der Waals surface area contributed by atoms with Crippen LogP contribution in [0.25, 0.3) is 0 Å². The lowest BCUT2D eigenvalue weighted by Crippen LogP contribution is -1.82. The number of nitrogens with two attached hydrogens (primary N) is 1. The zero-order chi connectivity index (χ0) is 6.85. The van der Waals surface area contributed by atoms with Crippen molar-refractivity contribution in [1.29, 1.82) is 0 Å². The van der Waals surface area contributed by atoms with Crippen molar-refractivity contribution in [3.8, 4) is 0 Å². The maximum atomic E-state index is 5.60. The van der Waals surface area contributed by atoms with Crippen LogP contribution in [0.15, 0.2) is 18.2 Å². The van der Waals surface area contributed by atoms with Crippen molar-refractivity contribution >= 4 is 28.9 Å². The van der Waals surface area contributed by atoms with Crippen molar-refractivity contribution in [2.24, 2.45) is 0 Å². The second-order valence-electron chi connectivity index (χ2n) is 1.67. The van der Waals surface area contributed by atoms with Crippen LogP contribution in [0, 0.1) is 0 Å². The summed E-state index contributed by atoms with van der Waals surface area (Å²) in [4.78, 5) is 0. The lowest BCUT2D eigenvalue weighted by Gasteiger charge is -1.94. The van der Waals surface area contributed by atoms with Gasteiger partial charge in [0.15, 0.2) is 0 Å². The molecule has 10 heavy (non-hydrogen) atoms. The Labute approximate surface area is 70.7 Å². The average Bonchev–Trinajstić information content (AvgIpc) is 1.80. The molecule has 0 heterocycles. The Morgan fingerprint density at radius 3 is 2.10 bits per heavy atom. The molecule has 0 aliphatic rings. The third kappa shape index (κ3) is 2.09. The fourth-order valence-corrected chi connectivity index (χ4v) is 0.819. The van der Waals surface area contributed by atoms with Crippen molar-refractivity contribution in [3.63, 3.8) is 0 Å². The molecule has 0 fully saturated rings. The van der Waals surface area contributed by atoms with Crippen LogP contribution in [0.2, 0.25) is 10.0 Å². The molecule has 1 rings (SSSR count). The molecule has 2 N–H and O–H groups in total. The molecule has 0 aliphatic heterocycles. The molecule has 0 saturated carbocycles. The Bertz CT molecular complexity index is 223. The first-order valence-corrected chi connectivity index (χ1v) is 3.16. The lowest BCUT2D eigenvalue weighted by molar-refractivity contribution is 1.68. The highest BCUT2D eigenvalue weighted by atomic mass is 35.5. The molecule has 1 aromatic rings. The smallest absolute Gasteiger partial charge is 0.0612 e. The zero-order valence-corrected chi connectivity index (χ0v) is 6.08. The molecule has 1 nitrogen and oxygen atoms in total. The van der Waals surface area contributed by atoms with Crippen molar-refractivity contribution in [2.45, 2.75) is 7.43 Å². The van der Waals surface area contributed by atoms with Crippen molar-refractivity contribution in [3.05, 3.63) is 28.2 Å². The first kappa shape index (κ1) is 9.60. The fourth-order valence-electron chi connectivity index (χ4n) is 0.512. The van der Waals surface area contributed by atoms with Crippen LogP contribution in [0.4, 0.5) is 5.69 Å². The number of hydrogen-bond donors (Lipinski definition) is 1. The van der Waals surface area contributed by atoms with E-state index >= 15 is 0 Å². The van der Waals surface area contributed by atoms with E-state index in [9.17, 15) is 0 Å². The summed E-state index contributed by atoms with van der Waals surface area (Å²) in [6.45, 7) is 0. The van der Waals surface area contributed by atoms with E-state index in [2.05, 4.69) is 0 Å². The minimum Gasteiger partial charge on any atom is -0.399 e. The second kappa shape index (κ2) is 3.69. The number of halogens is 2. The topological polar surface area (TPSA) is 26.0 Å². The van der Waals surface area contributed by atoms with Crippen molar-refractivity contribution < 1.29 is 0 Å². The van der Waals surface area contributed by atoms with E-state index in [4.69, 9.17) is 28.9 Å². The fraction of sp³-hybridized carbons (Fsp3) is 0.143. The van der Waals surface area contributed by atoms with Gasteiger partial charge in [-0.3, -0.25) is 0 Å². The molecular weight excluding hydrogens is 169 g/mol. The molecule has 0 radical (unpaired) electrons. The van der Waals surface area contributed by atoms with Gasteiger partial charge >= 0.3 is 0 Å². The van der Waals surface area contributed by atoms with E-state index < -0.39 is 0 Å². The van der Waals surface area contributed by atoms with Gasteiger partial charge in [0.2, 0.25) is 0 Å². The van der Waals surface area contributed by atoms with Crippen LogP contribution in [-0.4, -0.2) is 0 Å². The van der Waals surface area contributed by atoms with E-state index in [1.165, 1.54) is 0 Å². The van der Waals surface area contributed by atoms with E-state index in [0.717, 1.165) is 0 Å². The number of anilines is 1. The van der Waals surface area contributed by atoms with Crippen LogP contribution < -0.4 is 5.73 Å². The van der Waals surface area contributed by atoms with Gasteiger partial charge in [-0.25, -0.2) is 0 Å². The number of benzene rings is 1. The first-order chi connectivity index (χ1) is 4.20. The first-order valence-electron chi connectivity index (χ1n) is 2.40. The standard InChI is InChI=1S/C6H5Cl2N.CH4/c7-5-2-1-4(9)3-6(5)8;/h1-3H,9H2;1H4. The van der Waals surface area contributed by atoms with Crippen molar-refractivity contribution in [2.75, 3.05) is 5.73 Å². The van der Waals surface area contributed by atoms with Gasteiger partial charge < -0.3 is 5.73 Å². The SMILES string of the molecule is C.Nc1ccc(Cl)c(Cl)c1. The quantitative estimate of drug-likeness (QED) is 0.606. The van der Waals surface area contributed by atoms with E-state index in [1.54, 1.807) is 18.2 Å². The van der Waals surface area contributed by atoms with Gasteiger partial charge in [0, 0.05) is 5.69 Å². The molecule has 0 bridgehead atoms. The predicted octanol–water partition coefficient (Wildman–Crippen LogP) is 3.21. The maximum Gasteiger partial charge on any atom is 0.0612 e. The largest absolute Gasteiger partial charge is 0.399 e. The third-order valence-corrected chi connectivity index (χ3v) is 1.68. The van der Waals surface area contributed by atoms with Gasteiger partial charge in [-0.2, -0.15) is 0 Å². The minimum atomic E-state index is 0. The second-order valence-corrected chi connectivity index (χ2v) is 2.49. The Morgan fingerprint density at radius 2 is 1.70 bits per heavy atom. The van der Waals surface area contributed by atoms with Crippen LogP contribution >= 0.6 is 23.2 Å². The molecule has 56 valence electrons. The molecule has 3 heteroatoms. The average molecular weight is 178 g/mol. The van der Waals surface area contributed by atoms with Gasteiger partial charge in [-0.05, 0) is 18.2 Å². The van der Waals surface area contributed by atoms with Crippen LogP contribution in [0.3, 0.4) is 0 Å². The van der Waals surface area contributed by atoms with Gasteiger partial charge in [0.25, 0.3) is 0 Å². The highest BCUT2D eigenvalue weighted by Crippen LogP contribution is 2.23. The molecule has 0 unspecified atom stereocenters. The predicted molar refractivity (Wildman–Crippen MR) is 47.6 cm³/mol. The third-order valence-electron chi connectivity index (χ3n) is 0.944. The van der Waals surface area contributed by atoms with Gasteiger partial charge in [-0.15, -0.1) is 0 Å². The Hall–Kier alpha value is -0.400. The highest BCUT2D eigenvalue weighted by Gasteiger charge is 1.94. The lowest BCUT2D eigenvalue weighted by atomic mass is 10.3. The van der Waals surface area contributed by atoms with Gasteiger partial charge in [0.05, 0.1) is 10.0 Å². The molecule has 0 atom stereocenters. The molecular formula is C7H9Cl2N. The highest BCUT2D eigenvalue weighted by molar-refractivity contribution is 6.42. The summed E-state index contributed by atoms with van der Waals surface area (Å²) in [7, 11) is 0. The molecule has 0 spiro atoms. The van der Waals surface area contributed by atoms with Crippen LogP contribution in [-0.2, 0) is 0 Å². The van der Waals surface area contributed by atoms with Crippen molar-refractivity contribution in [1.82, 2.24) is 0 Å². The Morgan fingerprint density at radius 1 is 1.10 bits per heavy atom. The summed E-state index contributed by atoms with van der Waals surface area (Å²) in [6, 6.07) is 4.98. The summed E-state index contributed by atoms with van der Waals surface area (Å²) < 4.78 is 0. The summed E-state index contributed by atoms with van der Waals surface area (Å²) >= 11 is 11.2. The summed E-state index contributed by atoms with van der Waals surface area (Å²) in [6.07, 6.45) is 0. The van der Waals surface area contributed by atoms with E-state index in [-0.39, 0.29) is 7.43 Å². The molecule has 0 aliphatic carbocycles. The number of rotatable bonds is 0. The van der Waals surface area contributed by atoms with Crippen LogP contribution in [0.5, 0.6) is 0 Å². The molecule has 1 aromatic carbocycles. The molecule has 0 aromatic heterocycles. The van der Waals surface area contributed by atoms with Gasteiger partial charge in [0.1, 0.15) is 0 Å². The summed E-state index contributed by atoms with van der Waals surface area (Å²) in [5.74, 6) is 0. The summed E-state index contributed by atoms with van der Waals surface area (Å²) in [5, 5.41) is 1.03. The van der Waals surface area contributed by atoms with E-state index in [1.807, 2.05) is 0 Å². The Kier molecular flexibility index (Phi) is 3.54. The maximum absolute atomic E-state index is 5.60. The summed E-state index contributed by atoms with van der Waals surface area (Å²) in [5.41, 5.74) is 6.01. The zero-order valence-electron chi connectivity index (χ0n) is 4.57. The van der Waals surface area contributed by atoms with Crippen LogP contribution in [0.1, 0.15) is 7.43 Å². The minimum absolute atomic E-state index is 0. The Balaban J connectivity index is 0.000000810. The van der Waals surface area contributed by atoms with E-state index in [0.29, 0.717) is 15.7 Å². The molecule has 0 amide bonds.